The zero-order chi connectivity index (χ0) is 15.5. The van der Waals surface area contributed by atoms with Gasteiger partial charge < -0.3 is 9.64 Å². The van der Waals surface area contributed by atoms with Crippen LogP contribution in [0, 0.1) is 5.92 Å². The second-order valence-electron chi connectivity index (χ2n) is 5.09. The van der Waals surface area contributed by atoms with Crippen LogP contribution >= 0.6 is 11.6 Å². The van der Waals surface area contributed by atoms with Crippen molar-refractivity contribution in [2.75, 3.05) is 11.4 Å². The van der Waals surface area contributed by atoms with Crippen molar-refractivity contribution in [1.29, 1.82) is 0 Å². The maximum Gasteiger partial charge on any atom is 0.316 e. The van der Waals surface area contributed by atoms with Crippen molar-refractivity contribution in [2.24, 2.45) is 5.92 Å². The molecule has 4 nitrogen and oxygen atoms in total. The first-order chi connectivity index (χ1) is 10.6. The lowest BCUT2D eigenvalue weighted by atomic mass is 10.1. The summed E-state index contributed by atoms with van der Waals surface area (Å²) in [6.45, 7) is 0.326. The normalized spacial score (nSPS) is 17.6. The molecular formula is C17H14ClNO3. The smallest absolute Gasteiger partial charge is 0.316 e. The molecular weight excluding hydrogens is 302 g/mol. The number of esters is 1. The first kappa shape index (κ1) is 14.6. The summed E-state index contributed by atoms with van der Waals surface area (Å²) < 4.78 is 5.31. The Labute approximate surface area is 133 Å². The molecule has 0 bridgehead atoms. The van der Waals surface area contributed by atoms with Crippen LogP contribution in [0.25, 0.3) is 0 Å². The topological polar surface area (TPSA) is 46.6 Å². The molecule has 0 N–H and O–H groups in total. The van der Waals surface area contributed by atoms with Crippen LogP contribution in [0.15, 0.2) is 54.6 Å². The van der Waals surface area contributed by atoms with Gasteiger partial charge in [-0.1, -0.05) is 41.9 Å². The highest BCUT2D eigenvalue weighted by Crippen LogP contribution is 2.28. The minimum atomic E-state index is -0.482. The molecule has 0 aliphatic carbocycles. The predicted octanol–water partition coefficient (Wildman–Crippen LogP) is 3.30. The van der Waals surface area contributed by atoms with Gasteiger partial charge in [0, 0.05) is 18.7 Å². The highest BCUT2D eigenvalue weighted by atomic mass is 35.5. The van der Waals surface area contributed by atoms with Gasteiger partial charge in [0.1, 0.15) is 5.75 Å². The molecule has 2 aromatic rings. The van der Waals surface area contributed by atoms with E-state index in [0.29, 0.717) is 17.3 Å². The van der Waals surface area contributed by atoms with E-state index in [0.717, 1.165) is 5.69 Å². The second kappa shape index (κ2) is 6.20. The average molecular weight is 316 g/mol. The number of hydrogen-bond donors (Lipinski definition) is 0. The molecule has 1 aliphatic heterocycles. The van der Waals surface area contributed by atoms with Crippen molar-refractivity contribution in [2.45, 2.75) is 6.42 Å². The number of carbonyl (C=O) groups is 2. The molecule has 22 heavy (non-hydrogen) atoms. The molecule has 0 unspecified atom stereocenters. The van der Waals surface area contributed by atoms with E-state index in [1.807, 2.05) is 30.3 Å². The SMILES string of the molecule is O=C(Oc1ccccc1Cl)[C@H]1CC(=O)N(c2ccccc2)C1. The number of nitrogens with zero attached hydrogens (tertiary/aromatic N) is 1. The van der Waals surface area contributed by atoms with E-state index < -0.39 is 11.9 Å². The third-order valence-electron chi connectivity index (χ3n) is 3.57. The molecule has 1 amide bonds. The Balaban J connectivity index is 1.71. The van der Waals surface area contributed by atoms with Crippen LogP contribution in [-0.2, 0) is 9.59 Å². The number of rotatable bonds is 3. The predicted molar refractivity (Wildman–Crippen MR) is 84.0 cm³/mol. The molecule has 1 heterocycles. The third kappa shape index (κ3) is 2.97. The third-order valence-corrected chi connectivity index (χ3v) is 3.89. The number of benzene rings is 2. The molecule has 1 saturated heterocycles. The standard InChI is InChI=1S/C17H14ClNO3/c18-14-8-4-5-9-15(14)22-17(21)12-10-16(20)19(11-12)13-6-2-1-3-7-13/h1-9,12H,10-11H2/t12-/m0/s1. The van der Waals surface area contributed by atoms with Crippen molar-refractivity contribution in [3.8, 4) is 5.75 Å². The molecule has 0 aromatic heterocycles. The largest absolute Gasteiger partial charge is 0.425 e. The van der Waals surface area contributed by atoms with Crippen LogP contribution in [0.3, 0.4) is 0 Å². The Morgan fingerprint density at radius 3 is 2.50 bits per heavy atom. The summed E-state index contributed by atoms with van der Waals surface area (Å²) in [5, 5.41) is 0.375. The van der Waals surface area contributed by atoms with E-state index in [4.69, 9.17) is 16.3 Å². The molecule has 0 spiro atoms. The highest BCUT2D eigenvalue weighted by Gasteiger charge is 2.36. The summed E-state index contributed by atoms with van der Waals surface area (Å²) in [5.74, 6) is -0.670. The van der Waals surface area contributed by atoms with Crippen LogP contribution in [0.5, 0.6) is 5.75 Å². The molecule has 1 fully saturated rings. The first-order valence-corrected chi connectivity index (χ1v) is 7.34. The zero-order valence-electron chi connectivity index (χ0n) is 11.7. The Kier molecular flexibility index (Phi) is 4.11. The molecule has 3 rings (SSSR count). The van der Waals surface area contributed by atoms with Crippen molar-refractivity contribution in [3.63, 3.8) is 0 Å². The van der Waals surface area contributed by atoms with Crippen molar-refractivity contribution in [3.05, 3.63) is 59.6 Å². The Morgan fingerprint density at radius 2 is 1.77 bits per heavy atom. The van der Waals surface area contributed by atoms with Gasteiger partial charge in [0.05, 0.1) is 10.9 Å². The molecule has 112 valence electrons. The van der Waals surface area contributed by atoms with Crippen molar-refractivity contribution in [1.82, 2.24) is 0 Å². The van der Waals surface area contributed by atoms with Gasteiger partial charge in [-0.3, -0.25) is 9.59 Å². The van der Waals surface area contributed by atoms with Crippen molar-refractivity contribution < 1.29 is 14.3 Å². The molecule has 2 aromatic carbocycles. The monoisotopic (exact) mass is 315 g/mol. The summed E-state index contributed by atoms with van der Waals surface area (Å²) in [7, 11) is 0. The van der Waals surface area contributed by atoms with Gasteiger partial charge in [0.25, 0.3) is 0 Å². The minimum Gasteiger partial charge on any atom is -0.425 e. The van der Waals surface area contributed by atoms with Gasteiger partial charge in [-0.05, 0) is 24.3 Å². The molecule has 1 atom stereocenters. The van der Waals surface area contributed by atoms with Crippen LogP contribution in [0.4, 0.5) is 5.69 Å². The lowest BCUT2D eigenvalue weighted by molar-refractivity contribution is -0.139. The summed E-state index contributed by atoms with van der Waals surface area (Å²) in [5.41, 5.74) is 0.792. The van der Waals surface area contributed by atoms with E-state index in [-0.39, 0.29) is 12.3 Å². The van der Waals surface area contributed by atoms with E-state index in [1.165, 1.54) is 0 Å². The average Bonchev–Trinajstić information content (AvgIpc) is 2.92. The summed E-state index contributed by atoms with van der Waals surface area (Å²) in [6, 6.07) is 16.1. The second-order valence-corrected chi connectivity index (χ2v) is 5.50. The highest BCUT2D eigenvalue weighted by molar-refractivity contribution is 6.32. The van der Waals surface area contributed by atoms with E-state index in [1.54, 1.807) is 29.2 Å². The van der Waals surface area contributed by atoms with Crippen LogP contribution in [-0.4, -0.2) is 18.4 Å². The molecule has 5 heteroatoms. The van der Waals surface area contributed by atoms with Gasteiger partial charge >= 0.3 is 5.97 Å². The van der Waals surface area contributed by atoms with Gasteiger partial charge in [0.2, 0.25) is 5.91 Å². The van der Waals surface area contributed by atoms with Gasteiger partial charge in [-0.15, -0.1) is 0 Å². The number of carbonyl (C=O) groups excluding carboxylic acids is 2. The Bertz CT molecular complexity index is 702. The summed E-state index contributed by atoms with van der Waals surface area (Å²) >= 11 is 5.97. The van der Waals surface area contributed by atoms with E-state index in [9.17, 15) is 9.59 Å². The maximum atomic E-state index is 12.2. The van der Waals surface area contributed by atoms with E-state index in [2.05, 4.69) is 0 Å². The summed E-state index contributed by atoms with van der Waals surface area (Å²) in [6.07, 6.45) is 0.151. The Hall–Kier alpha value is -2.33. The van der Waals surface area contributed by atoms with Crippen LogP contribution < -0.4 is 9.64 Å². The van der Waals surface area contributed by atoms with Crippen LogP contribution in [0.2, 0.25) is 5.02 Å². The van der Waals surface area contributed by atoms with Gasteiger partial charge in [-0.2, -0.15) is 0 Å². The Morgan fingerprint density at radius 1 is 1.09 bits per heavy atom. The molecule has 1 aliphatic rings. The minimum absolute atomic E-state index is 0.0766. The molecule has 0 saturated carbocycles. The van der Waals surface area contributed by atoms with Crippen molar-refractivity contribution >= 4 is 29.2 Å². The van der Waals surface area contributed by atoms with Gasteiger partial charge in [0.15, 0.2) is 0 Å². The number of ether oxygens (including phenoxy) is 1. The lowest BCUT2D eigenvalue weighted by Crippen LogP contribution is -2.27. The van der Waals surface area contributed by atoms with Gasteiger partial charge in [-0.25, -0.2) is 0 Å². The number of para-hydroxylation sites is 2. The first-order valence-electron chi connectivity index (χ1n) is 6.97. The van der Waals surface area contributed by atoms with E-state index >= 15 is 0 Å². The maximum absolute atomic E-state index is 12.2. The molecule has 0 radical (unpaired) electrons. The number of anilines is 1. The number of amides is 1. The lowest BCUT2D eigenvalue weighted by Gasteiger charge is -2.16. The fourth-order valence-corrected chi connectivity index (χ4v) is 2.62. The quantitative estimate of drug-likeness (QED) is 0.645. The fourth-order valence-electron chi connectivity index (χ4n) is 2.44. The number of hydrogen-bond acceptors (Lipinski definition) is 3. The zero-order valence-corrected chi connectivity index (χ0v) is 12.5. The number of halogens is 1. The summed E-state index contributed by atoms with van der Waals surface area (Å²) in [4.78, 5) is 25.9. The van der Waals surface area contributed by atoms with Crippen LogP contribution in [0.1, 0.15) is 6.42 Å². The fraction of sp³-hybridized carbons (Fsp3) is 0.176.